The minimum absolute atomic E-state index is 0.0604. The molecule has 0 aliphatic rings. The van der Waals surface area contributed by atoms with Gasteiger partial charge in [-0.2, -0.15) is 4.98 Å². The summed E-state index contributed by atoms with van der Waals surface area (Å²) in [6.07, 6.45) is 1.61. The van der Waals surface area contributed by atoms with Gasteiger partial charge in [-0.1, -0.05) is 12.1 Å². The number of carbonyl (C=O) groups is 1. The molecular weight excluding hydrogens is 313 g/mol. The molecule has 124 valence electrons. The minimum atomic E-state index is -0.435. The molecule has 0 aliphatic carbocycles. The van der Waals surface area contributed by atoms with Crippen molar-refractivity contribution in [2.24, 2.45) is 0 Å². The molecule has 0 radical (unpaired) electrons. The van der Waals surface area contributed by atoms with E-state index in [9.17, 15) is 9.18 Å². The number of nitrogens with zero attached hydrogens (tertiary/aromatic N) is 5. The number of aryl methyl sites for hydroxylation is 1. The quantitative estimate of drug-likeness (QED) is 0.713. The van der Waals surface area contributed by atoms with Gasteiger partial charge in [0.15, 0.2) is 11.6 Å². The summed E-state index contributed by atoms with van der Waals surface area (Å²) in [6, 6.07) is 7.91. The maximum Gasteiger partial charge on any atom is 0.293 e. The topological polar surface area (TPSA) is 72.6 Å². The molecule has 0 fully saturated rings. The van der Waals surface area contributed by atoms with Crippen molar-refractivity contribution in [3.63, 3.8) is 0 Å². The first-order valence-corrected chi connectivity index (χ1v) is 7.37. The fourth-order valence-electron chi connectivity index (χ4n) is 2.12. The van der Waals surface area contributed by atoms with Crippen LogP contribution in [0, 0.1) is 12.7 Å². The second-order valence-electron chi connectivity index (χ2n) is 5.24. The van der Waals surface area contributed by atoms with Crippen molar-refractivity contribution in [3.8, 4) is 5.75 Å². The van der Waals surface area contributed by atoms with Crippen molar-refractivity contribution in [1.29, 1.82) is 0 Å². The predicted octanol–water partition coefficient (Wildman–Crippen LogP) is 1.72. The molecule has 24 heavy (non-hydrogen) atoms. The molecule has 2 aromatic heterocycles. The molecule has 0 aliphatic heterocycles. The smallest absolute Gasteiger partial charge is 0.293 e. The van der Waals surface area contributed by atoms with Gasteiger partial charge in [0.25, 0.3) is 11.7 Å². The molecule has 7 nitrogen and oxygen atoms in total. The number of aromatic nitrogens is 4. The van der Waals surface area contributed by atoms with Gasteiger partial charge < -0.3 is 9.64 Å². The van der Waals surface area contributed by atoms with Crippen LogP contribution in [0.4, 0.5) is 4.39 Å². The number of likely N-dealkylation sites (N-methyl/N-ethyl adjacent to an activating group) is 1. The number of para-hydroxylation sites is 1. The van der Waals surface area contributed by atoms with Crippen LogP contribution >= 0.6 is 0 Å². The number of halogens is 1. The first kappa shape index (κ1) is 15.9. The van der Waals surface area contributed by atoms with Crippen molar-refractivity contribution in [2.75, 3.05) is 20.2 Å². The van der Waals surface area contributed by atoms with Crippen molar-refractivity contribution in [1.82, 2.24) is 24.5 Å². The third kappa shape index (κ3) is 3.17. The van der Waals surface area contributed by atoms with E-state index in [-0.39, 0.29) is 30.6 Å². The molecule has 0 bridgehead atoms. The van der Waals surface area contributed by atoms with Gasteiger partial charge >= 0.3 is 0 Å². The van der Waals surface area contributed by atoms with Crippen LogP contribution in [-0.4, -0.2) is 50.6 Å². The Hall–Kier alpha value is -3.03. The molecule has 8 heteroatoms. The van der Waals surface area contributed by atoms with E-state index in [4.69, 9.17) is 4.74 Å². The summed E-state index contributed by atoms with van der Waals surface area (Å²) in [5, 5.41) is 4.16. The maximum absolute atomic E-state index is 13.5. The Morgan fingerprint density at radius 3 is 2.88 bits per heavy atom. The van der Waals surface area contributed by atoms with Crippen LogP contribution in [0.15, 0.2) is 36.5 Å². The zero-order valence-corrected chi connectivity index (χ0v) is 13.3. The van der Waals surface area contributed by atoms with Gasteiger partial charge in [-0.05, 0) is 25.1 Å². The highest BCUT2D eigenvalue weighted by molar-refractivity contribution is 5.90. The zero-order chi connectivity index (χ0) is 17.1. The van der Waals surface area contributed by atoms with E-state index in [1.807, 2.05) is 6.92 Å². The molecule has 0 saturated carbocycles. The van der Waals surface area contributed by atoms with E-state index in [1.54, 1.807) is 31.4 Å². The number of amides is 1. The minimum Gasteiger partial charge on any atom is -0.489 e. The Balaban J connectivity index is 1.63. The molecule has 1 amide bonds. The van der Waals surface area contributed by atoms with Crippen LogP contribution in [0.1, 0.15) is 16.3 Å². The molecule has 0 spiro atoms. The molecular formula is C16H16FN5O2. The standard InChI is InChI=1S/C16H16FN5O2/c1-11-7-8-18-16-19-14(20-22(11)16)15(23)21(2)9-10-24-13-6-4-3-5-12(13)17/h3-8H,9-10H2,1-2H3. The summed E-state index contributed by atoms with van der Waals surface area (Å²) in [7, 11) is 1.61. The van der Waals surface area contributed by atoms with Gasteiger partial charge in [-0.15, -0.1) is 5.10 Å². The van der Waals surface area contributed by atoms with Crippen LogP contribution in [0.25, 0.3) is 5.78 Å². The lowest BCUT2D eigenvalue weighted by atomic mass is 10.3. The fourth-order valence-corrected chi connectivity index (χ4v) is 2.12. The lowest BCUT2D eigenvalue weighted by Crippen LogP contribution is -2.31. The Morgan fingerprint density at radius 1 is 1.33 bits per heavy atom. The van der Waals surface area contributed by atoms with Crippen molar-refractivity contribution in [2.45, 2.75) is 6.92 Å². The SMILES string of the molecule is Cc1ccnc2nc(C(=O)N(C)CCOc3ccccc3F)nn12. The molecule has 0 unspecified atom stereocenters. The lowest BCUT2D eigenvalue weighted by Gasteiger charge is -2.15. The van der Waals surface area contributed by atoms with Crippen molar-refractivity contribution >= 4 is 11.7 Å². The first-order valence-electron chi connectivity index (χ1n) is 7.37. The van der Waals surface area contributed by atoms with Gasteiger partial charge in [-0.3, -0.25) is 4.79 Å². The largest absolute Gasteiger partial charge is 0.489 e. The van der Waals surface area contributed by atoms with Crippen molar-refractivity contribution < 1.29 is 13.9 Å². The number of hydrogen-bond acceptors (Lipinski definition) is 5. The predicted molar refractivity (Wildman–Crippen MR) is 84.4 cm³/mol. The number of ether oxygens (including phenoxy) is 1. The molecule has 3 aromatic rings. The van der Waals surface area contributed by atoms with Gasteiger partial charge in [0.05, 0.1) is 6.54 Å². The molecule has 0 atom stereocenters. The number of rotatable bonds is 5. The highest BCUT2D eigenvalue weighted by Gasteiger charge is 2.18. The van der Waals surface area contributed by atoms with Gasteiger partial charge in [-0.25, -0.2) is 13.9 Å². The monoisotopic (exact) mass is 329 g/mol. The van der Waals surface area contributed by atoms with E-state index < -0.39 is 5.82 Å². The average Bonchev–Trinajstić information content (AvgIpc) is 3.01. The molecule has 0 saturated heterocycles. The molecule has 1 aromatic carbocycles. The number of fused-ring (bicyclic) bond motifs is 1. The van der Waals surface area contributed by atoms with Crippen LogP contribution in [0.5, 0.6) is 5.75 Å². The summed E-state index contributed by atoms with van der Waals surface area (Å²) in [4.78, 5) is 22.0. The summed E-state index contributed by atoms with van der Waals surface area (Å²) >= 11 is 0. The second-order valence-corrected chi connectivity index (χ2v) is 5.24. The van der Waals surface area contributed by atoms with E-state index >= 15 is 0 Å². The van der Waals surface area contributed by atoms with Crippen LogP contribution in [0.2, 0.25) is 0 Å². The van der Waals surface area contributed by atoms with Gasteiger partial charge in [0.1, 0.15) is 6.61 Å². The summed E-state index contributed by atoms with van der Waals surface area (Å²) in [6.45, 7) is 2.28. The van der Waals surface area contributed by atoms with E-state index in [1.165, 1.54) is 21.5 Å². The third-order valence-corrected chi connectivity index (χ3v) is 3.49. The maximum atomic E-state index is 13.5. The zero-order valence-electron chi connectivity index (χ0n) is 13.3. The third-order valence-electron chi connectivity index (χ3n) is 3.49. The summed E-state index contributed by atoms with van der Waals surface area (Å²) in [5.74, 6) is -0.198. The van der Waals surface area contributed by atoms with E-state index in [0.29, 0.717) is 5.78 Å². The molecule has 2 heterocycles. The number of carbonyl (C=O) groups excluding carboxylic acids is 1. The Morgan fingerprint density at radius 2 is 2.12 bits per heavy atom. The average molecular weight is 329 g/mol. The fraction of sp³-hybridized carbons (Fsp3) is 0.250. The second kappa shape index (κ2) is 6.61. The Kier molecular flexibility index (Phi) is 4.37. The highest BCUT2D eigenvalue weighted by Crippen LogP contribution is 2.15. The van der Waals surface area contributed by atoms with Crippen molar-refractivity contribution in [3.05, 3.63) is 53.9 Å². The Labute approximate surface area is 137 Å². The number of hydrogen-bond donors (Lipinski definition) is 0. The Bertz CT molecular complexity index is 880. The molecule has 3 rings (SSSR count). The lowest BCUT2D eigenvalue weighted by molar-refractivity contribution is 0.0761. The first-order chi connectivity index (χ1) is 11.6. The normalized spacial score (nSPS) is 10.8. The highest BCUT2D eigenvalue weighted by atomic mass is 19.1. The van der Waals surface area contributed by atoms with Gasteiger partial charge in [0.2, 0.25) is 5.82 Å². The summed E-state index contributed by atoms with van der Waals surface area (Å²) < 4.78 is 20.3. The van der Waals surface area contributed by atoms with Crippen LogP contribution < -0.4 is 4.74 Å². The van der Waals surface area contributed by atoms with Crippen LogP contribution in [0.3, 0.4) is 0 Å². The number of benzene rings is 1. The van der Waals surface area contributed by atoms with Crippen LogP contribution in [-0.2, 0) is 0 Å². The van der Waals surface area contributed by atoms with E-state index in [0.717, 1.165) is 5.69 Å². The van der Waals surface area contributed by atoms with E-state index in [2.05, 4.69) is 15.1 Å². The molecule has 0 N–H and O–H groups in total. The van der Waals surface area contributed by atoms with Gasteiger partial charge in [0, 0.05) is 18.9 Å². The summed E-state index contributed by atoms with van der Waals surface area (Å²) in [5.41, 5.74) is 0.831.